The van der Waals surface area contributed by atoms with Crippen molar-refractivity contribution in [2.45, 2.75) is 38.8 Å². The van der Waals surface area contributed by atoms with Crippen LogP contribution in [-0.2, 0) is 0 Å². The standard InChI is InChI=1S/C22H26Si/c1-17(2)23(18(3)4)15-21(19-11-7-5-8-12-19)22(16-23)20-13-9-6-10-14-20/h5-18H,1-4H3. The van der Waals surface area contributed by atoms with E-state index in [-0.39, 0.29) is 0 Å². The summed E-state index contributed by atoms with van der Waals surface area (Å²) in [5.41, 5.74) is 12.3. The van der Waals surface area contributed by atoms with E-state index in [1.165, 1.54) is 22.3 Å². The third-order valence-corrected chi connectivity index (χ3v) is 10.8. The van der Waals surface area contributed by atoms with Crippen LogP contribution >= 0.6 is 0 Å². The molecule has 0 amide bonds. The van der Waals surface area contributed by atoms with Crippen molar-refractivity contribution in [2.75, 3.05) is 0 Å². The van der Waals surface area contributed by atoms with Crippen LogP contribution in [0.4, 0.5) is 0 Å². The SMILES string of the molecule is CC(C)[Si]1(C(C)C)C=C(c2ccccc2)C(c2ccccc2)=C1. The zero-order chi connectivity index (χ0) is 16.4. The molecule has 1 heteroatoms. The summed E-state index contributed by atoms with van der Waals surface area (Å²) in [6.07, 6.45) is 0. The van der Waals surface area contributed by atoms with Crippen LogP contribution in [0.25, 0.3) is 11.1 Å². The van der Waals surface area contributed by atoms with Gasteiger partial charge in [0.15, 0.2) is 0 Å². The second kappa shape index (κ2) is 6.33. The molecule has 0 unspecified atom stereocenters. The van der Waals surface area contributed by atoms with Gasteiger partial charge < -0.3 is 0 Å². The lowest BCUT2D eigenvalue weighted by atomic mass is 9.95. The summed E-state index contributed by atoms with van der Waals surface area (Å²) in [4.78, 5) is 0. The van der Waals surface area contributed by atoms with Crippen LogP contribution in [0.2, 0.25) is 11.1 Å². The van der Waals surface area contributed by atoms with Crippen LogP contribution in [0.3, 0.4) is 0 Å². The monoisotopic (exact) mass is 318 g/mol. The van der Waals surface area contributed by atoms with E-state index >= 15 is 0 Å². The minimum atomic E-state index is -1.60. The molecule has 0 fully saturated rings. The maximum atomic E-state index is 2.65. The molecule has 23 heavy (non-hydrogen) atoms. The van der Waals surface area contributed by atoms with Gasteiger partial charge in [0.1, 0.15) is 8.07 Å². The molecule has 0 aliphatic carbocycles. The van der Waals surface area contributed by atoms with Crippen molar-refractivity contribution < 1.29 is 0 Å². The second-order valence-electron chi connectivity index (χ2n) is 7.16. The minimum Gasteiger partial charge on any atom is -0.0815 e. The first-order chi connectivity index (χ1) is 11.0. The largest absolute Gasteiger partial charge is 0.108 e. The van der Waals surface area contributed by atoms with Crippen LogP contribution in [-0.4, -0.2) is 8.07 Å². The van der Waals surface area contributed by atoms with Gasteiger partial charge >= 0.3 is 0 Å². The summed E-state index contributed by atoms with van der Waals surface area (Å²) < 4.78 is 0. The van der Waals surface area contributed by atoms with Gasteiger partial charge in [-0.3, -0.25) is 0 Å². The molecule has 0 spiro atoms. The van der Waals surface area contributed by atoms with E-state index in [2.05, 4.69) is 99.8 Å². The van der Waals surface area contributed by atoms with Gasteiger partial charge in [0, 0.05) is 0 Å². The van der Waals surface area contributed by atoms with Crippen molar-refractivity contribution in [1.29, 1.82) is 0 Å². The Labute approximate surface area is 141 Å². The van der Waals surface area contributed by atoms with Crippen molar-refractivity contribution in [2.24, 2.45) is 0 Å². The summed E-state index contributed by atoms with van der Waals surface area (Å²) in [5, 5.41) is 0. The molecule has 118 valence electrons. The molecule has 0 bridgehead atoms. The van der Waals surface area contributed by atoms with Gasteiger partial charge in [-0.05, 0) is 33.4 Å². The highest BCUT2D eigenvalue weighted by atomic mass is 28.3. The van der Waals surface area contributed by atoms with Crippen LogP contribution in [0, 0.1) is 0 Å². The normalized spacial score (nSPS) is 16.6. The van der Waals surface area contributed by atoms with Crippen molar-refractivity contribution in [3.63, 3.8) is 0 Å². The lowest BCUT2D eigenvalue weighted by Crippen LogP contribution is -2.36. The molecule has 0 aromatic heterocycles. The van der Waals surface area contributed by atoms with E-state index in [1.54, 1.807) is 0 Å². The van der Waals surface area contributed by atoms with Crippen LogP contribution in [0.15, 0.2) is 72.1 Å². The number of hydrogen-bond acceptors (Lipinski definition) is 0. The molecule has 2 aromatic carbocycles. The first kappa shape index (κ1) is 16.0. The lowest BCUT2D eigenvalue weighted by molar-refractivity contribution is 0.927. The van der Waals surface area contributed by atoms with E-state index in [1.807, 2.05) is 0 Å². The quantitative estimate of drug-likeness (QED) is 0.563. The Kier molecular flexibility index (Phi) is 4.41. The Morgan fingerprint density at radius 2 is 0.913 bits per heavy atom. The number of allylic oxidation sites excluding steroid dienone is 2. The number of hydrogen-bond donors (Lipinski definition) is 0. The highest BCUT2D eigenvalue weighted by Gasteiger charge is 2.40. The minimum absolute atomic E-state index is 0.711. The first-order valence-electron chi connectivity index (χ1n) is 8.61. The molecule has 2 aromatic rings. The fourth-order valence-electron chi connectivity index (χ4n) is 3.74. The maximum Gasteiger partial charge on any atom is 0.108 e. The highest BCUT2D eigenvalue weighted by Crippen LogP contribution is 2.47. The highest BCUT2D eigenvalue weighted by molar-refractivity contribution is 6.94. The van der Waals surface area contributed by atoms with Crippen molar-refractivity contribution >= 4 is 19.2 Å². The summed E-state index contributed by atoms with van der Waals surface area (Å²) in [6, 6.07) is 21.7. The van der Waals surface area contributed by atoms with Crippen molar-refractivity contribution in [1.82, 2.24) is 0 Å². The Hall–Kier alpha value is -1.86. The Morgan fingerprint density at radius 1 is 0.565 bits per heavy atom. The molecule has 0 nitrogen and oxygen atoms in total. The third kappa shape index (κ3) is 2.86. The molecule has 3 rings (SSSR count). The smallest absolute Gasteiger partial charge is 0.0815 e. The molecule has 0 saturated heterocycles. The zero-order valence-electron chi connectivity index (χ0n) is 14.6. The lowest BCUT2D eigenvalue weighted by Gasteiger charge is -2.31. The fraction of sp³-hybridized carbons (Fsp3) is 0.273. The second-order valence-corrected chi connectivity index (χ2v) is 12.0. The van der Waals surface area contributed by atoms with Crippen molar-refractivity contribution in [3.05, 3.63) is 83.2 Å². The Balaban J connectivity index is 2.20. The summed E-state index contributed by atoms with van der Waals surface area (Å²) in [7, 11) is -1.60. The average Bonchev–Trinajstić information content (AvgIpc) is 2.99. The molecule has 0 saturated carbocycles. The zero-order valence-corrected chi connectivity index (χ0v) is 15.6. The fourth-order valence-corrected chi connectivity index (χ4v) is 8.14. The van der Waals surface area contributed by atoms with E-state index < -0.39 is 8.07 Å². The number of rotatable bonds is 4. The molecule has 1 heterocycles. The molecule has 0 N–H and O–H groups in total. The molecule has 1 aliphatic rings. The molecular formula is C22H26Si. The van der Waals surface area contributed by atoms with E-state index in [0.29, 0.717) is 11.1 Å². The first-order valence-corrected chi connectivity index (χ1v) is 10.9. The van der Waals surface area contributed by atoms with Crippen LogP contribution < -0.4 is 0 Å². The predicted molar refractivity (Wildman–Crippen MR) is 105 cm³/mol. The number of benzene rings is 2. The molecule has 1 aliphatic heterocycles. The molecular weight excluding hydrogens is 292 g/mol. The summed E-state index contributed by atoms with van der Waals surface area (Å²) >= 11 is 0. The molecule has 0 atom stereocenters. The topological polar surface area (TPSA) is 0 Å². The van der Waals surface area contributed by atoms with Gasteiger partial charge in [0.2, 0.25) is 0 Å². The Morgan fingerprint density at radius 3 is 1.22 bits per heavy atom. The van der Waals surface area contributed by atoms with E-state index in [9.17, 15) is 0 Å². The van der Waals surface area contributed by atoms with Gasteiger partial charge in [-0.25, -0.2) is 0 Å². The Bertz CT molecular complexity index is 656. The third-order valence-electron chi connectivity index (χ3n) is 5.25. The summed E-state index contributed by atoms with van der Waals surface area (Å²) in [6.45, 7) is 9.59. The van der Waals surface area contributed by atoms with E-state index in [0.717, 1.165) is 0 Å². The average molecular weight is 319 g/mol. The predicted octanol–water partition coefficient (Wildman–Crippen LogP) is 6.51. The van der Waals surface area contributed by atoms with Gasteiger partial charge in [-0.1, -0.05) is 99.8 Å². The van der Waals surface area contributed by atoms with Crippen LogP contribution in [0.1, 0.15) is 38.8 Å². The van der Waals surface area contributed by atoms with E-state index in [4.69, 9.17) is 0 Å². The van der Waals surface area contributed by atoms with Gasteiger partial charge in [0.25, 0.3) is 0 Å². The van der Waals surface area contributed by atoms with Crippen molar-refractivity contribution in [3.8, 4) is 0 Å². The van der Waals surface area contributed by atoms with Gasteiger partial charge in [-0.15, -0.1) is 0 Å². The summed E-state index contributed by atoms with van der Waals surface area (Å²) in [5.74, 6) is 0. The molecule has 0 radical (unpaired) electrons. The maximum absolute atomic E-state index is 2.65. The van der Waals surface area contributed by atoms with Gasteiger partial charge in [0.05, 0.1) is 0 Å². The van der Waals surface area contributed by atoms with Gasteiger partial charge in [-0.2, -0.15) is 0 Å². The van der Waals surface area contributed by atoms with Crippen LogP contribution in [0.5, 0.6) is 0 Å².